The lowest BCUT2D eigenvalue weighted by Gasteiger charge is -2.15. The van der Waals surface area contributed by atoms with Gasteiger partial charge in [-0.25, -0.2) is 0 Å². The van der Waals surface area contributed by atoms with Crippen molar-refractivity contribution in [2.45, 2.75) is 24.3 Å². The van der Waals surface area contributed by atoms with E-state index in [0.717, 1.165) is 16.7 Å². The second-order valence-electron chi connectivity index (χ2n) is 5.51. The summed E-state index contributed by atoms with van der Waals surface area (Å²) in [6.07, 6.45) is 0.394. The van der Waals surface area contributed by atoms with Gasteiger partial charge in [0.1, 0.15) is 0 Å². The van der Waals surface area contributed by atoms with Crippen molar-refractivity contribution in [2.24, 2.45) is 0 Å². The number of benzene rings is 2. The standard InChI is InChI=1S/C16H19O6PS/c17-23(18,19)16(24(20,21)22)8-4-5-13-9-11-15(12-10-13)14-6-2-1-3-7-14/h1-3,6-7,9-12,16H,4-5,8H2,(H2,17,18,19)(H,20,21,22). The van der Waals surface area contributed by atoms with Gasteiger partial charge in [0.25, 0.3) is 10.1 Å². The summed E-state index contributed by atoms with van der Waals surface area (Å²) in [6, 6.07) is 17.5. The Morgan fingerprint density at radius 1 is 0.917 bits per heavy atom. The predicted molar refractivity (Wildman–Crippen MR) is 92.2 cm³/mol. The molecule has 0 spiro atoms. The topological polar surface area (TPSA) is 112 Å². The molecule has 2 rings (SSSR count). The van der Waals surface area contributed by atoms with E-state index >= 15 is 0 Å². The average Bonchev–Trinajstić information content (AvgIpc) is 2.50. The molecule has 0 bridgehead atoms. The Kier molecular flexibility index (Phi) is 5.96. The van der Waals surface area contributed by atoms with Gasteiger partial charge in [-0.2, -0.15) is 8.42 Å². The molecule has 0 saturated carbocycles. The highest BCUT2D eigenvalue weighted by atomic mass is 32.2. The van der Waals surface area contributed by atoms with Crippen LogP contribution in [0, 0.1) is 0 Å². The maximum Gasteiger partial charge on any atom is 0.346 e. The Hall–Kier alpha value is -1.50. The van der Waals surface area contributed by atoms with E-state index in [4.69, 9.17) is 14.3 Å². The zero-order valence-electron chi connectivity index (χ0n) is 12.8. The summed E-state index contributed by atoms with van der Waals surface area (Å²) >= 11 is 0. The van der Waals surface area contributed by atoms with Gasteiger partial charge >= 0.3 is 7.60 Å². The van der Waals surface area contributed by atoms with E-state index in [2.05, 4.69) is 0 Å². The second kappa shape index (κ2) is 7.59. The minimum Gasteiger partial charge on any atom is -0.323 e. The van der Waals surface area contributed by atoms with Crippen LogP contribution in [0.15, 0.2) is 54.6 Å². The van der Waals surface area contributed by atoms with Crippen molar-refractivity contribution < 1.29 is 27.3 Å². The minimum atomic E-state index is -4.90. The molecular formula is C16H19O6PS. The Balaban J connectivity index is 1.99. The average molecular weight is 370 g/mol. The molecule has 3 N–H and O–H groups in total. The predicted octanol–water partition coefficient (Wildman–Crippen LogP) is 3.07. The largest absolute Gasteiger partial charge is 0.346 e. The fourth-order valence-corrected chi connectivity index (χ4v) is 4.84. The van der Waals surface area contributed by atoms with E-state index < -0.39 is 22.7 Å². The first-order chi connectivity index (χ1) is 11.2. The van der Waals surface area contributed by atoms with Crippen LogP contribution in [0.3, 0.4) is 0 Å². The summed E-state index contributed by atoms with van der Waals surface area (Å²) in [6.45, 7) is 0. The molecule has 2 aromatic rings. The van der Waals surface area contributed by atoms with Crippen molar-refractivity contribution in [3.8, 4) is 11.1 Å². The van der Waals surface area contributed by atoms with E-state index in [1.807, 2.05) is 54.6 Å². The van der Waals surface area contributed by atoms with Crippen molar-refractivity contribution in [1.29, 1.82) is 0 Å². The molecule has 0 saturated heterocycles. The van der Waals surface area contributed by atoms with Crippen molar-refractivity contribution >= 4 is 17.7 Å². The van der Waals surface area contributed by atoms with Gasteiger partial charge in [0.2, 0.25) is 0 Å². The fourth-order valence-electron chi connectivity index (χ4n) is 2.47. The fraction of sp³-hybridized carbons (Fsp3) is 0.250. The van der Waals surface area contributed by atoms with E-state index in [1.165, 1.54) is 0 Å². The highest BCUT2D eigenvalue weighted by molar-refractivity contribution is 7.93. The third-order valence-corrected chi connectivity index (χ3v) is 7.25. The van der Waals surface area contributed by atoms with Gasteiger partial charge in [-0.15, -0.1) is 0 Å². The van der Waals surface area contributed by atoms with Crippen LogP contribution < -0.4 is 0 Å². The third-order valence-electron chi connectivity index (χ3n) is 3.70. The van der Waals surface area contributed by atoms with Gasteiger partial charge in [-0.1, -0.05) is 54.6 Å². The van der Waals surface area contributed by atoms with Crippen molar-refractivity contribution in [3.63, 3.8) is 0 Å². The molecule has 0 aliphatic heterocycles. The van der Waals surface area contributed by atoms with Crippen LogP contribution in [-0.2, 0) is 21.1 Å². The molecule has 2 aromatic carbocycles. The Labute approximate surface area is 141 Å². The van der Waals surface area contributed by atoms with Crippen LogP contribution >= 0.6 is 7.60 Å². The second-order valence-corrected chi connectivity index (χ2v) is 9.26. The van der Waals surface area contributed by atoms with E-state index in [9.17, 15) is 13.0 Å². The third kappa shape index (κ3) is 5.26. The van der Waals surface area contributed by atoms with Gasteiger partial charge in [-0.05, 0) is 36.0 Å². The molecule has 0 fully saturated rings. The normalized spacial score (nSPS) is 13.6. The molecular weight excluding hydrogens is 351 g/mol. The SMILES string of the molecule is O=P(O)(O)C(CCCc1ccc(-c2ccccc2)cc1)S(=O)(=O)O. The molecule has 0 amide bonds. The van der Waals surface area contributed by atoms with E-state index in [0.29, 0.717) is 6.42 Å². The minimum absolute atomic E-state index is 0.236. The van der Waals surface area contributed by atoms with Crippen LogP contribution in [0.5, 0.6) is 0 Å². The van der Waals surface area contributed by atoms with Gasteiger partial charge < -0.3 is 9.79 Å². The Bertz CT molecular complexity index is 811. The summed E-state index contributed by atoms with van der Waals surface area (Å²) in [5.41, 5.74) is 3.05. The molecule has 24 heavy (non-hydrogen) atoms. The van der Waals surface area contributed by atoms with Crippen molar-refractivity contribution in [3.05, 3.63) is 60.2 Å². The summed E-state index contributed by atoms with van der Waals surface area (Å²) < 4.78 is 42.3. The quantitative estimate of drug-likeness (QED) is 0.510. The van der Waals surface area contributed by atoms with Crippen molar-refractivity contribution in [1.82, 2.24) is 0 Å². The Morgan fingerprint density at radius 3 is 1.96 bits per heavy atom. The van der Waals surface area contributed by atoms with Crippen LogP contribution in [0.25, 0.3) is 11.1 Å². The molecule has 0 heterocycles. The molecule has 6 nitrogen and oxygen atoms in total. The zero-order valence-corrected chi connectivity index (χ0v) is 14.5. The lowest BCUT2D eigenvalue weighted by Crippen LogP contribution is -2.20. The number of aryl methyl sites for hydroxylation is 1. The first kappa shape index (κ1) is 18.8. The van der Waals surface area contributed by atoms with Gasteiger partial charge in [0.05, 0.1) is 0 Å². The molecule has 1 unspecified atom stereocenters. The van der Waals surface area contributed by atoms with Gasteiger partial charge in [0.15, 0.2) is 4.99 Å². The highest BCUT2D eigenvalue weighted by Gasteiger charge is 2.38. The number of rotatable bonds is 7. The monoisotopic (exact) mass is 370 g/mol. The van der Waals surface area contributed by atoms with Crippen molar-refractivity contribution in [2.75, 3.05) is 0 Å². The van der Waals surface area contributed by atoms with Crippen LogP contribution in [-0.4, -0.2) is 27.7 Å². The van der Waals surface area contributed by atoms with E-state index in [-0.39, 0.29) is 12.8 Å². The molecule has 130 valence electrons. The number of hydrogen-bond donors (Lipinski definition) is 3. The zero-order chi connectivity index (χ0) is 17.8. The van der Waals surface area contributed by atoms with Crippen LogP contribution in [0.4, 0.5) is 0 Å². The lowest BCUT2D eigenvalue weighted by molar-refractivity contribution is 0.360. The number of hydrogen-bond acceptors (Lipinski definition) is 3. The van der Waals surface area contributed by atoms with E-state index in [1.54, 1.807) is 0 Å². The Morgan fingerprint density at radius 2 is 1.46 bits per heavy atom. The first-order valence-electron chi connectivity index (χ1n) is 7.34. The molecule has 0 aliphatic carbocycles. The molecule has 0 aromatic heterocycles. The smallest absolute Gasteiger partial charge is 0.323 e. The van der Waals surface area contributed by atoms with Crippen LogP contribution in [0.1, 0.15) is 18.4 Å². The molecule has 1 atom stereocenters. The molecule has 0 radical (unpaired) electrons. The molecule has 8 heteroatoms. The van der Waals surface area contributed by atoms with Gasteiger partial charge in [-0.3, -0.25) is 9.12 Å². The summed E-state index contributed by atoms with van der Waals surface area (Å²) in [5, 5.41) is 0. The summed E-state index contributed by atoms with van der Waals surface area (Å²) in [4.78, 5) is 16.0. The summed E-state index contributed by atoms with van der Waals surface area (Å²) in [5.74, 6) is 0. The van der Waals surface area contributed by atoms with Crippen LogP contribution in [0.2, 0.25) is 0 Å². The summed E-state index contributed by atoms with van der Waals surface area (Å²) in [7, 11) is -9.69. The van der Waals surface area contributed by atoms with Gasteiger partial charge in [0, 0.05) is 0 Å². The maximum absolute atomic E-state index is 11.2. The first-order valence-corrected chi connectivity index (χ1v) is 10.5. The highest BCUT2D eigenvalue weighted by Crippen LogP contribution is 2.46. The maximum atomic E-state index is 11.2. The molecule has 0 aliphatic rings. The lowest BCUT2D eigenvalue weighted by atomic mass is 10.0.